The molecule has 0 fully saturated rings. The summed E-state index contributed by atoms with van der Waals surface area (Å²) in [6, 6.07) is 0. The zero-order valence-electron chi connectivity index (χ0n) is 11.8. The Morgan fingerprint density at radius 1 is 1.28 bits per heavy atom. The zero-order chi connectivity index (χ0) is 13.4. The Kier molecular flexibility index (Phi) is 6.57. The molecule has 5 heteroatoms. The lowest BCUT2D eigenvalue weighted by Gasteiger charge is -2.10. The van der Waals surface area contributed by atoms with Crippen LogP contribution in [0.1, 0.15) is 38.8 Å². The Labute approximate surface area is 110 Å². The number of rotatable bonds is 9. The minimum absolute atomic E-state index is 0.704. The van der Waals surface area contributed by atoms with E-state index >= 15 is 0 Å². The van der Waals surface area contributed by atoms with Crippen LogP contribution < -0.4 is 11.1 Å². The lowest BCUT2D eigenvalue weighted by atomic mass is 10.4. The molecule has 0 unspecified atom stereocenters. The lowest BCUT2D eigenvalue weighted by Crippen LogP contribution is -2.14. The number of hydrogen-bond acceptors (Lipinski definition) is 4. The quantitative estimate of drug-likeness (QED) is 0.664. The van der Waals surface area contributed by atoms with Crippen LogP contribution in [0.15, 0.2) is 0 Å². The number of nitrogen functional groups attached to an aromatic ring is 1. The Hall–Kier alpha value is -1.23. The van der Waals surface area contributed by atoms with Gasteiger partial charge < -0.3 is 15.8 Å². The van der Waals surface area contributed by atoms with Crippen molar-refractivity contribution in [1.29, 1.82) is 0 Å². The molecule has 1 aromatic heterocycles. The number of unbranched alkanes of at least 4 members (excludes halogenated alkanes) is 1. The van der Waals surface area contributed by atoms with Crippen LogP contribution in [0, 0.1) is 6.92 Å². The number of ether oxygens (including phenoxy) is 1. The monoisotopic (exact) mass is 254 g/mol. The van der Waals surface area contributed by atoms with Crippen LogP contribution in [0.4, 0.5) is 11.5 Å². The first-order chi connectivity index (χ1) is 8.70. The molecular weight excluding hydrogens is 228 g/mol. The summed E-state index contributed by atoms with van der Waals surface area (Å²) in [5.41, 5.74) is 7.64. The van der Waals surface area contributed by atoms with Gasteiger partial charge in [-0.1, -0.05) is 20.3 Å². The molecule has 0 aromatic carbocycles. The summed E-state index contributed by atoms with van der Waals surface area (Å²) in [4.78, 5) is 0. The summed E-state index contributed by atoms with van der Waals surface area (Å²) >= 11 is 0. The van der Waals surface area contributed by atoms with E-state index in [9.17, 15) is 0 Å². The van der Waals surface area contributed by atoms with Gasteiger partial charge in [0.2, 0.25) is 0 Å². The van der Waals surface area contributed by atoms with Crippen molar-refractivity contribution in [2.75, 3.05) is 30.8 Å². The highest BCUT2D eigenvalue weighted by Gasteiger charge is 2.10. The van der Waals surface area contributed by atoms with Gasteiger partial charge in [0.15, 0.2) is 0 Å². The van der Waals surface area contributed by atoms with Gasteiger partial charge in [0, 0.05) is 19.7 Å². The summed E-state index contributed by atoms with van der Waals surface area (Å²) < 4.78 is 7.45. The maximum absolute atomic E-state index is 6.01. The van der Waals surface area contributed by atoms with Gasteiger partial charge in [0.25, 0.3) is 0 Å². The first-order valence-corrected chi connectivity index (χ1v) is 6.85. The van der Waals surface area contributed by atoms with Crippen molar-refractivity contribution in [2.24, 2.45) is 0 Å². The van der Waals surface area contributed by atoms with Crippen LogP contribution in [0.5, 0.6) is 0 Å². The number of aromatic nitrogens is 2. The second kappa shape index (κ2) is 7.97. The predicted octanol–water partition coefficient (Wildman–Crippen LogP) is 2.41. The first-order valence-electron chi connectivity index (χ1n) is 6.85. The molecule has 0 aliphatic rings. The van der Waals surface area contributed by atoms with Gasteiger partial charge in [-0.3, -0.25) is 0 Å². The molecule has 0 saturated carbocycles. The molecule has 0 saturated heterocycles. The van der Waals surface area contributed by atoms with Crippen LogP contribution in [0.3, 0.4) is 0 Å². The Balaban J connectivity index is 2.40. The zero-order valence-corrected chi connectivity index (χ0v) is 11.8. The van der Waals surface area contributed by atoms with Gasteiger partial charge in [-0.05, 0) is 19.8 Å². The minimum atomic E-state index is 0.704. The molecule has 0 aliphatic heterocycles. The molecule has 5 nitrogen and oxygen atoms in total. The molecule has 1 aromatic rings. The van der Waals surface area contributed by atoms with E-state index in [4.69, 9.17) is 10.5 Å². The third-order valence-electron chi connectivity index (χ3n) is 2.79. The summed E-state index contributed by atoms with van der Waals surface area (Å²) in [6.07, 6.45) is 3.33. The summed E-state index contributed by atoms with van der Waals surface area (Å²) in [6.45, 7) is 9.42. The molecule has 3 N–H and O–H groups in total. The van der Waals surface area contributed by atoms with E-state index in [1.54, 1.807) is 0 Å². The molecule has 104 valence electrons. The first kappa shape index (κ1) is 14.8. The highest BCUT2D eigenvalue weighted by molar-refractivity contribution is 5.64. The van der Waals surface area contributed by atoms with Gasteiger partial charge in [-0.25, -0.2) is 4.68 Å². The molecule has 0 bridgehead atoms. The maximum Gasteiger partial charge on any atom is 0.148 e. The average molecular weight is 254 g/mol. The molecule has 0 aliphatic carbocycles. The smallest absolute Gasteiger partial charge is 0.148 e. The van der Waals surface area contributed by atoms with Crippen LogP contribution in [0.2, 0.25) is 0 Å². The Bertz CT molecular complexity index is 349. The predicted molar refractivity (Wildman–Crippen MR) is 75.9 cm³/mol. The van der Waals surface area contributed by atoms with Crippen molar-refractivity contribution < 1.29 is 4.74 Å². The van der Waals surface area contributed by atoms with E-state index < -0.39 is 0 Å². The fraction of sp³-hybridized carbons (Fsp3) is 0.769. The van der Waals surface area contributed by atoms with Gasteiger partial charge in [-0.2, -0.15) is 5.10 Å². The van der Waals surface area contributed by atoms with Crippen LogP contribution in [-0.4, -0.2) is 29.5 Å². The van der Waals surface area contributed by atoms with E-state index in [1.807, 2.05) is 11.6 Å². The van der Waals surface area contributed by atoms with Crippen molar-refractivity contribution in [3.05, 3.63) is 5.69 Å². The second-order valence-electron chi connectivity index (χ2n) is 4.46. The van der Waals surface area contributed by atoms with Crippen molar-refractivity contribution in [2.45, 2.75) is 46.6 Å². The molecule has 1 rings (SSSR count). The molecular formula is C13H26N4O. The van der Waals surface area contributed by atoms with Gasteiger partial charge in [0.1, 0.15) is 5.82 Å². The standard InChI is InChI=1S/C13H26N4O/c1-4-6-9-18-10-7-15-13-12(14)11(3)16-17(13)8-5-2/h15H,4-10,14H2,1-3H3. The highest BCUT2D eigenvalue weighted by atomic mass is 16.5. The third-order valence-corrected chi connectivity index (χ3v) is 2.79. The van der Waals surface area contributed by atoms with Crippen LogP contribution >= 0.6 is 0 Å². The van der Waals surface area contributed by atoms with E-state index in [0.29, 0.717) is 6.61 Å². The van der Waals surface area contributed by atoms with Gasteiger partial charge in [-0.15, -0.1) is 0 Å². The number of hydrogen-bond donors (Lipinski definition) is 2. The second-order valence-corrected chi connectivity index (χ2v) is 4.46. The summed E-state index contributed by atoms with van der Waals surface area (Å²) in [5, 5.41) is 7.73. The lowest BCUT2D eigenvalue weighted by molar-refractivity contribution is 0.141. The molecule has 0 radical (unpaired) electrons. The van der Waals surface area contributed by atoms with Crippen molar-refractivity contribution in [3.8, 4) is 0 Å². The molecule has 1 heterocycles. The number of nitrogens with one attached hydrogen (secondary N) is 1. The van der Waals surface area contributed by atoms with Gasteiger partial charge >= 0.3 is 0 Å². The van der Waals surface area contributed by atoms with E-state index in [2.05, 4.69) is 24.3 Å². The Morgan fingerprint density at radius 2 is 2.06 bits per heavy atom. The van der Waals surface area contributed by atoms with Crippen molar-refractivity contribution in [1.82, 2.24) is 9.78 Å². The summed E-state index contributed by atoms with van der Waals surface area (Å²) in [7, 11) is 0. The normalized spacial score (nSPS) is 10.8. The maximum atomic E-state index is 6.01. The third kappa shape index (κ3) is 4.22. The highest BCUT2D eigenvalue weighted by Crippen LogP contribution is 2.22. The molecule has 0 atom stereocenters. The minimum Gasteiger partial charge on any atom is -0.394 e. The molecule has 18 heavy (non-hydrogen) atoms. The van der Waals surface area contributed by atoms with E-state index in [0.717, 1.165) is 49.7 Å². The SMILES string of the molecule is CCCCOCCNc1c(N)c(C)nn1CCC. The van der Waals surface area contributed by atoms with Crippen molar-refractivity contribution in [3.63, 3.8) is 0 Å². The number of nitrogens with two attached hydrogens (primary N) is 1. The number of aryl methyl sites for hydroxylation is 2. The topological polar surface area (TPSA) is 65.1 Å². The van der Waals surface area contributed by atoms with Crippen molar-refractivity contribution >= 4 is 11.5 Å². The largest absolute Gasteiger partial charge is 0.394 e. The molecule has 0 amide bonds. The fourth-order valence-electron chi connectivity index (χ4n) is 1.75. The number of nitrogens with zero attached hydrogens (tertiary/aromatic N) is 2. The summed E-state index contributed by atoms with van der Waals surface area (Å²) in [5.74, 6) is 0.924. The fourth-order valence-corrected chi connectivity index (χ4v) is 1.75. The van der Waals surface area contributed by atoms with E-state index in [1.165, 1.54) is 6.42 Å². The van der Waals surface area contributed by atoms with Crippen LogP contribution in [0.25, 0.3) is 0 Å². The van der Waals surface area contributed by atoms with Crippen LogP contribution in [-0.2, 0) is 11.3 Å². The average Bonchev–Trinajstić information content (AvgIpc) is 2.61. The van der Waals surface area contributed by atoms with E-state index in [-0.39, 0.29) is 0 Å². The molecule has 0 spiro atoms. The number of anilines is 2. The Morgan fingerprint density at radius 3 is 2.72 bits per heavy atom. The van der Waals surface area contributed by atoms with Gasteiger partial charge in [0.05, 0.1) is 18.0 Å².